The van der Waals surface area contributed by atoms with Crippen molar-refractivity contribution in [3.8, 4) is 0 Å². The first kappa shape index (κ1) is 15.0. The van der Waals surface area contributed by atoms with Gasteiger partial charge in [-0.1, -0.05) is 13.8 Å². The minimum atomic E-state index is -0.196. The third-order valence-corrected chi connectivity index (χ3v) is 3.75. The predicted molar refractivity (Wildman–Crippen MR) is 68.6 cm³/mol. The summed E-state index contributed by atoms with van der Waals surface area (Å²) >= 11 is 0. The Labute approximate surface area is 108 Å². The number of methoxy groups -OCH3 is 1. The Bertz CT molecular complexity index is 317. The van der Waals surface area contributed by atoms with E-state index < -0.39 is 0 Å². The average molecular weight is 256 g/mol. The quantitative estimate of drug-likeness (QED) is 0.724. The first-order valence-corrected chi connectivity index (χ1v) is 6.47. The Morgan fingerprint density at radius 3 is 2.39 bits per heavy atom. The zero-order valence-electron chi connectivity index (χ0n) is 11.6. The van der Waals surface area contributed by atoms with Crippen molar-refractivity contribution < 1.29 is 14.3 Å². The Balaban J connectivity index is 2.74. The maximum absolute atomic E-state index is 11.6. The minimum absolute atomic E-state index is 0.0205. The summed E-state index contributed by atoms with van der Waals surface area (Å²) in [6, 6.07) is -0.0412. The molecule has 1 amide bonds. The van der Waals surface area contributed by atoms with Crippen molar-refractivity contribution in [2.45, 2.75) is 45.7 Å². The number of nitrogens with one attached hydrogen (secondary N) is 1. The van der Waals surface area contributed by atoms with Crippen molar-refractivity contribution in [3.05, 3.63) is 0 Å². The smallest absolute Gasteiger partial charge is 0.308 e. The number of esters is 1. The van der Waals surface area contributed by atoms with Crippen LogP contribution >= 0.6 is 0 Å². The highest BCUT2D eigenvalue weighted by atomic mass is 16.5. The number of carbonyl (C=O) groups excluding carboxylic acids is 2. The number of carbonyl (C=O) groups is 2. The van der Waals surface area contributed by atoms with E-state index in [0.717, 1.165) is 0 Å². The standard InChI is InChI=1S/C13H24N2O3/c1-7(2)12(15-8(3)16)10-5-9(6-11(10)14)13(17)18-4/h7,9-12H,5-6,14H2,1-4H3,(H,15,16)/t9?,10-,11?,12?/m1/s1. The van der Waals surface area contributed by atoms with Gasteiger partial charge >= 0.3 is 5.97 Å². The summed E-state index contributed by atoms with van der Waals surface area (Å²) in [6.45, 7) is 5.62. The molecule has 3 N–H and O–H groups in total. The summed E-state index contributed by atoms with van der Waals surface area (Å²) in [5.41, 5.74) is 6.12. The number of hydrogen-bond donors (Lipinski definition) is 2. The lowest BCUT2D eigenvalue weighted by molar-refractivity contribution is -0.145. The molecule has 0 aromatic rings. The van der Waals surface area contributed by atoms with Crippen LogP contribution in [0, 0.1) is 17.8 Å². The fourth-order valence-electron chi connectivity index (χ4n) is 2.88. The SMILES string of the molecule is COC(=O)C1CC(N)[C@H](C(NC(C)=O)C(C)C)C1. The molecule has 1 fully saturated rings. The van der Waals surface area contributed by atoms with Gasteiger partial charge in [0.2, 0.25) is 5.91 Å². The molecule has 0 bridgehead atoms. The van der Waals surface area contributed by atoms with Crippen LogP contribution in [-0.4, -0.2) is 31.1 Å². The largest absolute Gasteiger partial charge is 0.469 e. The lowest BCUT2D eigenvalue weighted by Crippen LogP contribution is -2.47. The van der Waals surface area contributed by atoms with Crippen LogP contribution in [0.2, 0.25) is 0 Å². The molecule has 0 aromatic heterocycles. The van der Waals surface area contributed by atoms with Crippen LogP contribution in [0.15, 0.2) is 0 Å². The summed E-state index contributed by atoms with van der Waals surface area (Å²) in [5, 5.41) is 2.96. The van der Waals surface area contributed by atoms with Crippen molar-refractivity contribution >= 4 is 11.9 Å². The van der Waals surface area contributed by atoms with Gasteiger partial charge in [-0.15, -0.1) is 0 Å². The van der Waals surface area contributed by atoms with Gasteiger partial charge in [-0.3, -0.25) is 9.59 Å². The highest BCUT2D eigenvalue weighted by molar-refractivity contribution is 5.74. The van der Waals surface area contributed by atoms with Crippen LogP contribution in [0.1, 0.15) is 33.6 Å². The lowest BCUT2D eigenvalue weighted by atomic mass is 9.86. The fraction of sp³-hybridized carbons (Fsp3) is 0.846. The van der Waals surface area contributed by atoms with Crippen LogP contribution in [0.4, 0.5) is 0 Å². The van der Waals surface area contributed by atoms with Gasteiger partial charge in [0.25, 0.3) is 0 Å². The van der Waals surface area contributed by atoms with E-state index in [0.29, 0.717) is 18.8 Å². The van der Waals surface area contributed by atoms with E-state index in [1.54, 1.807) is 0 Å². The Morgan fingerprint density at radius 1 is 1.33 bits per heavy atom. The maximum atomic E-state index is 11.6. The summed E-state index contributed by atoms with van der Waals surface area (Å²) in [7, 11) is 1.40. The molecule has 0 aliphatic heterocycles. The Hall–Kier alpha value is -1.10. The molecular weight excluding hydrogens is 232 g/mol. The van der Waals surface area contributed by atoms with Crippen molar-refractivity contribution in [2.24, 2.45) is 23.5 Å². The molecule has 0 heterocycles. The molecule has 4 atom stereocenters. The summed E-state index contributed by atoms with van der Waals surface area (Å²) in [5.74, 6) is 0.0463. The zero-order valence-corrected chi connectivity index (χ0v) is 11.6. The number of ether oxygens (including phenoxy) is 1. The molecule has 104 valence electrons. The van der Waals surface area contributed by atoms with Crippen molar-refractivity contribution in [1.29, 1.82) is 0 Å². The minimum Gasteiger partial charge on any atom is -0.469 e. The molecule has 5 nitrogen and oxygen atoms in total. The first-order chi connectivity index (χ1) is 8.36. The molecule has 18 heavy (non-hydrogen) atoms. The fourth-order valence-corrected chi connectivity index (χ4v) is 2.88. The van der Waals surface area contributed by atoms with Gasteiger partial charge in [-0.05, 0) is 24.7 Å². The second-order valence-corrected chi connectivity index (χ2v) is 5.49. The van der Waals surface area contributed by atoms with Crippen LogP contribution < -0.4 is 11.1 Å². The Morgan fingerprint density at radius 2 is 1.94 bits per heavy atom. The number of rotatable bonds is 4. The van der Waals surface area contributed by atoms with Crippen LogP contribution in [0.25, 0.3) is 0 Å². The van der Waals surface area contributed by atoms with E-state index in [1.807, 2.05) is 0 Å². The van der Waals surface area contributed by atoms with E-state index in [4.69, 9.17) is 10.5 Å². The van der Waals surface area contributed by atoms with Gasteiger partial charge in [0.15, 0.2) is 0 Å². The predicted octanol–water partition coefficient (Wildman–Crippen LogP) is 0.674. The third kappa shape index (κ3) is 3.45. The maximum Gasteiger partial charge on any atom is 0.308 e. The molecule has 5 heteroatoms. The molecule has 0 spiro atoms. The van der Waals surface area contributed by atoms with E-state index in [9.17, 15) is 9.59 Å². The topological polar surface area (TPSA) is 81.4 Å². The molecular formula is C13H24N2O3. The highest BCUT2D eigenvalue weighted by Crippen LogP contribution is 2.35. The van der Waals surface area contributed by atoms with Crippen LogP contribution in [0.5, 0.6) is 0 Å². The average Bonchev–Trinajstić information content (AvgIpc) is 2.66. The Kier molecular flexibility index (Phi) is 5.14. The van der Waals surface area contributed by atoms with E-state index in [2.05, 4.69) is 19.2 Å². The molecule has 1 aliphatic rings. The number of amides is 1. The third-order valence-electron chi connectivity index (χ3n) is 3.75. The van der Waals surface area contributed by atoms with Gasteiger partial charge in [-0.25, -0.2) is 0 Å². The summed E-state index contributed by atoms with van der Waals surface area (Å²) in [6.07, 6.45) is 1.33. The summed E-state index contributed by atoms with van der Waals surface area (Å²) in [4.78, 5) is 22.8. The normalized spacial score (nSPS) is 29.1. The zero-order chi connectivity index (χ0) is 13.9. The van der Waals surface area contributed by atoms with Gasteiger partial charge in [0.05, 0.1) is 13.0 Å². The van der Waals surface area contributed by atoms with Gasteiger partial charge in [0.1, 0.15) is 0 Å². The molecule has 0 saturated heterocycles. The van der Waals surface area contributed by atoms with Crippen LogP contribution in [-0.2, 0) is 14.3 Å². The molecule has 3 unspecified atom stereocenters. The van der Waals surface area contributed by atoms with E-state index in [1.165, 1.54) is 14.0 Å². The molecule has 0 aromatic carbocycles. The number of nitrogens with two attached hydrogens (primary N) is 1. The molecule has 1 aliphatic carbocycles. The second-order valence-electron chi connectivity index (χ2n) is 5.49. The first-order valence-electron chi connectivity index (χ1n) is 6.47. The van der Waals surface area contributed by atoms with E-state index >= 15 is 0 Å². The van der Waals surface area contributed by atoms with Gasteiger partial charge < -0.3 is 15.8 Å². The van der Waals surface area contributed by atoms with Crippen LogP contribution in [0.3, 0.4) is 0 Å². The summed E-state index contributed by atoms with van der Waals surface area (Å²) < 4.78 is 4.77. The van der Waals surface area contributed by atoms with Crippen molar-refractivity contribution in [1.82, 2.24) is 5.32 Å². The monoisotopic (exact) mass is 256 g/mol. The highest BCUT2D eigenvalue weighted by Gasteiger charge is 2.41. The van der Waals surface area contributed by atoms with E-state index in [-0.39, 0.29) is 35.8 Å². The number of hydrogen-bond acceptors (Lipinski definition) is 4. The molecule has 1 saturated carbocycles. The van der Waals surface area contributed by atoms with Gasteiger partial charge in [-0.2, -0.15) is 0 Å². The molecule has 0 radical (unpaired) electrons. The van der Waals surface area contributed by atoms with Crippen molar-refractivity contribution in [2.75, 3.05) is 7.11 Å². The van der Waals surface area contributed by atoms with Gasteiger partial charge in [0, 0.05) is 19.0 Å². The van der Waals surface area contributed by atoms with Crippen molar-refractivity contribution in [3.63, 3.8) is 0 Å². The lowest BCUT2D eigenvalue weighted by Gasteiger charge is -2.30. The second kappa shape index (κ2) is 6.18. The molecule has 1 rings (SSSR count).